The number of carbonyl (C=O) groups excluding carboxylic acids is 2. The van der Waals surface area contributed by atoms with Crippen LogP contribution >= 0.6 is 0 Å². The molecule has 0 unspecified atom stereocenters. The van der Waals surface area contributed by atoms with Gasteiger partial charge in [-0.1, -0.05) is 12.1 Å². The predicted molar refractivity (Wildman–Crippen MR) is 91.9 cm³/mol. The molecule has 0 saturated heterocycles. The smallest absolute Gasteiger partial charge is 0.269 e. The Balaban J connectivity index is 1.93. The van der Waals surface area contributed by atoms with Crippen molar-refractivity contribution in [2.24, 2.45) is 0 Å². The second-order valence-corrected chi connectivity index (χ2v) is 5.13. The predicted octanol–water partition coefficient (Wildman–Crippen LogP) is 1.72. The Hall–Kier alpha value is -3.22. The third kappa shape index (κ3) is 5.13. The summed E-state index contributed by atoms with van der Waals surface area (Å²) < 4.78 is 15.3. The summed E-state index contributed by atoms with van der Waals surface area (Å²) in [5.74, 6) is 0.862. The van der Waals surface area contributed by atoms with Crippen LogP contribution in [0.1, 0.15) is 15.9 Å². The van der Waals surface area contributed by atoms with Crippen LogP contribution in [0, 0.1) is 0 Å². The summed E-state index contributed by atoms with van der Waals surface area (Å²) in [7, 11) is 4.56. The molecule has 0 saturated carbocycles. The van der Waals surface area contributed by atoms with Gasteiger partial charge in [-0.05, 0) is 29.8 Å². The van der Waals surface area contributed by atoms with Crippen molar-refractivity contribution in [3.63, 3.8) is 0 Å². The largest absolute Gasteiger partial charge is 0.497 e. The summed E-state index contributed by atoms with van der Waals surface area (Å²) in [6.07, 6.45) is 0.131. The number of carbonyl (C=O) groups is 2. The van der Waals surface area contributed by atoms with Crippen LogP contribution in [0.2, 0.25) is 0 Å². The van der Waals surface area contributed by atoms with Gasteiger partial charge in [0.05, 0.1) is 27.8 Å². The number of benzene rings is 2. The summed E-state index contributed by atoms with van der Waals surface area (Å²) >= 11 is 0. The van der Waals surface area contributed by atoms with E-state index >= 15 is 0 Å². The Morgan fingerprint density at radius 3 is 1.88 bits per heavy atom. The average molecular weight is 344 g/mol. The number of amides is 2. The molecule has 7 nitrogen and oxygen atoms in total. The van der Waals surface area contributed by atoms with Crippen LogP contribution in [0.3, 0.4) is 0 Å². The van der Waals surface area contributed by atoms with Crippen molar-refractivity contribution in [3.05, 3.63) is 53.6 Å². The third-order valence-corrected chi connectivity index (χ3v) is 3.45. The number of hydrogen-bond acceptors (Lipinski definition) is 5. The summed E-state index contributed by atoms with van der Waals surface area (Å²) in [5.41, 5.74) is 5.86. The molecule has 0 aromatic heterocycles. The molecule has 0 atom stereocenters. The van der Waals surface area contributed by atoms with Crippen molar-refractivity contribution < 1.29 is 23.8 Å². The second kappa shape index (κ2) is 8.58. The lowest BCUT2D eigenvalue weighted by Gasteiger charge is -2.10. The van der Waals surface area contributed by atoms with Crippen molar-refractivity contribution in [1.82, 2.24) is 10.9 Å². The molecule has 0 aliphatic heterocycles. The van der Waals surface area contributed by atoms with Crippen LogP contribution < -0.4 is 25.1 Å². The van der Waals surface area contributed by atoms with E-state index in [0.29, 0.717) is 22.8 Å². The third-order valence-electron chi connectivity index (χ3n) is 3.45. The van der Waals surface area contributed by atoms with Gasteiger partial charge in [-0.3, -0.25) is 20.4 Å². The Bertz CT molecular complexity index is 721. The maximum absolute atomic E-state index is 12.2. The minimum absolute atomic E-state index is 0.131. The van der Waals surface area contributed by atoms with Crippen LogP contribution in [0.4, 0.5) is 0 Å². The number of methoxy groups -OCH3 is 3. The number of ether oxygens (including phenoxy) is 3. The first-order valence-corrected chi connectivity index (χ1v) is 7.51. The second-order valence-electron chi connectivity index (χ2n) is 5.13. The molecule has 132 valence electrons. The molecule has 2 rings (SSSR count). The lowest BCUT2D eigenvalue weighted by molar-refractivity contribution is -0.121. The van der Waals surface area contributed by atoms with Gasteiger partial charge < -0.3 is 14.2 Å². The van der Waals surface area contributed by atoms with Crippen molar-refractivity contribution in [1.29, 1.82) is 0 Å². The molecule has 2 aromatic rings. The number of hydrazine groups is 1. The Labute approximate surface area is 145 Å². The van der Waals surface area contributed by atoms with Gasteiger partial charge in [0, 0.05) is 11.6 Å². The summed E-state index contributed by atoms with van der Waals surface area (Å²) in [5, 5.41) is 0. The molecule has 0 aliphatic rings. The number of rotatable bonds is 6. The standard InChI is InChI=1S/C18H20N2O5/c1-23-14-6-4-12(5-7-14)8-17(21)19-20-18(22)13-9-15(24-2)11-16(10-13)25-3/h4-7,9-11H,8H2,1-3H3,(H,19,21)(H,20,22). The quantitative estimate of drug-likeness (QED) is 0.779. The normalized spacial score (nSPS) is 9.88. The van der Waals surface area contributed by atoms with E-state index in [-0.39, 0.29) is 12.3 Å². The fraction of sp³-hybridized carbons (Fsp3) is 0.222. The van der Waals surface area contributed by atoms with Crippen LogP contribution in [0.25, 0.3) is 0 Å². The van der Waals surface area contributed by atoms with E-state index in [9.17, 15) is 9.59 Å². The zero-order chi connectivity index (χ0) is 18.2. The number of hydrogen-bond donors (Lipinski definition) is 2. The van der Waals surface area contributed by atoms with E-state index in [1.807, 2.05) is 0 Å². The molecule has 2 amide bonds. The SMILES string of the molecule is COc1ccc(CC(=O)NNC(=O)c2cc(OC)cc(OC)c2)cc1. The highest BCUT2D eigenvalue weighted by Gasteiger charge is 2.11. The van der Waals surface area contributed by atoms with Crippen molar-refractivity contribution in [2.75, 3.05) is 21.3 Å². The van der Waals surface area contributed by atoms with E-state index in [1.165, 1.54) is 14.2 Å². The van der Waals surface area contributed by atoms with Crippen LogP contribution in [-0.2, 0) is 11.2 Å². The zero-order valence-electron chi connectivity index (χ0n) is 14.3. The van der Waals surface area contributed by atoms with Gasteiger partial charge in [0.1, 0.15) is 17.2 Å². The highest BCUT2D eigenvalue weighted by atomic mass is 16.5. The Morgan fingerprint density at radius 2 is 1.36 bits per heavy atom. The minimum atomic E-state index is -0.472. The maximum atomic E-state index is 12.2. The topological polar surface area (TPSA) is 85.9 Å². The molecule has 7 heteroatoms. The fourth-order valence-corrected chi connectivity index (χ4v) is 2.11. The molecule has 0 spiro atoms. The molecular weight excluding hydrogens is 324 g/mol. The Kier molecular flexibility index (Phi) is 6.22. The monoisotopic (exact) mass is 344 g/mol. The lowest BCUT2D eigenvalue weighted by atomic mass is 10.1. The van der Waals surface area contributed by atoms with Gasteiger partial charge in [0.25, 0.3) is 5.91 Å². The molecule has 0 radical (unpaired) electrons. The maximum Gasteiger partial charge on any atom is 0.269 e. The van der Waals surface area contributed by atoms with E-state index in [0.717, 1.165) is 5.56 Å². The first-order chi connectivity index (χ1) is 12.0. The lowest BCUT2D eigenvalue weighted by Crippen LogP contribution is -2.42. The molecule has 0 aliphatic carbocycles. The van der Waals surface area contributed by atoms with Gasteiger partial charge >= 0.3 is 0 Å². The van der Waals surface area contributed by atoms with Crippen LogP contribution in [0.15, 0.2) is 42.5 Å². The fourth-order valence-electron chi connectivity index (χ4n) is 2.11. The van der Waals surface area contributed by atoms with Gasteiger partial charge in [0.2, 0.25) is 5.91 Å². The van der Waals surface area contributed by atoms with E-state index in [2.05, 4.69) is 10.9 Å². The van der Waals surface area contributed by atoms with Crippen LogP contribution in [0.5, 0.6) is 17.2 Å². The summed E-state index contributed by atoms with van der Waals surface area (Å²) in [6.45, 7) is 0. The molecule has 2 N–H and O–H groups in total. The number of nitrogens with one attached hydrogen (secondary N) is 2. The first-order valence-electron chi connectivity index (χ1n) is 7.51. The van der Waals surface area contributed by atoms with Gasteiger partial charge in [0.15, 0.2) is 0 Å². The molecular formula is C18H20N2O5. The molecule has 0 bridgehead atoms. The van der Waals surface area contributed by atoms with E-state index in [1.54, 1.807) is 49.6 Å². The summed E-state index contributed by atoms with van der Waals surface area (Å²) in [4.78, 5) is 24.1. The first kappa shape index (κ1) is 18.1. The zero-order valence-corrected chi connectivity index (χ0v) is 14.3. The molecule has 25 heavy (non-hydrogen) atoms. The van der Waals surface area contributed by atoms with Crippen molar-refractivity contribution in [2.45, 2.75) is 6.42 Å². The molecule has 0 heterocycles. The van der Waals surface area contributed by atoms with Crippen molar-refractivity contribution >= 4 is 11.8 Å². The highest BCUT2D eigenvalue weighted by Crippen LogP contribution is 2.22. The molecule has 2 aromatic carbocycles. The van der Waals surface area contributed by atoms with Crippen molar-refractivity contribution in [3.8, 4) is 17.2 Å². The average Bonchev–Trinajstić information content (AvgIpc) is 2.66. The van der Waals surface area contributed by atoms with Gasteiger partial charge in [-0.2, -0.15) is 0 Å². The summed E-state index contributed by atoms with van der Waals surface area (Å²) in [6, 6.07) is 11.9. The van der Waals surface area contributed by atoms with Gasteiger partial charge in [-0.15, -0.1) is 0 Å². The minimum Gasteiger partial charge on any atom is -0.497 e. The van der Waals surface area contributed by atoms with Crippen LogP contribution in [-0.4, -0.2) is 33.1 Å². The van der Waals surface area contributed by atoms with E-state index in [4.69, 9.17) is 14.2 Å². The molecule has 0 fully saturated rings. The van der Waals surface area contributed by atoms with Gasteiger partial charge in [-0.25, -0.2) is 0 Å². The van der Waals surface area contributed by atoms with E-state index < -0.39 is 5.91 Å². The highest BCUT2D eigenvalue weighted by molar-refractivity contribution is 5.96. The Morgan fingerprint density at radius 1 is 0.800 bits per heavy atom.